The molecule has 0 aromatic rings. The molecule has 1 fully saturated rings. The van der Waals surface area contributed by atoms with Crippen LogP contribution in [-0.2, 0) is 0 Å². The molecule has 0 spiro atoms. The quantitative estimate of drug-likeness (QED) is 0.459. The molecule has 2 aliphatic carbocycles. The Labute approximate surface area is 100 Å². The van der Waals surface area contributed by atoms with Crippen LogP contribution in [0.5, 0.6) is 0 Å². The number of rotatable bonds is 5. The lowest BCUT2D eigenvalue weighted by molar-refractivity contribution is 0.414. The van der Waals surface area contributed by atoms with Gasteiger partial charge in [-0.1, -0.05) is 50.1 Å². The summed E-state index contributed by atoms with van der Waals surface area (Å²) < 4.78 is 0. The maximum Gasteiger partial charge on any atom is -0.0133 e. The fourth-order valence-corrected chi connectivity index (χ4v) is 3.33. The molecule has 88 valence electrons. The Morgan fingerprint density at radius 3 is 3.00 bits per heavy atom. The van der Waals surface area contributed by atoms with Crippen molar-refractivity contribution in [3.63, 3.8) is 0 Å². The average Bonchev–Trinajstić information content (AvgIpc) is 2.87. The van der Waals surface area contributed by atoms with Gasteiger partial charge in [0.15, 0.2) is 0 Å². The fraction of sp³-hybridized carbons (Fsp3) is 0.625. The summed E-state index contributed by atoms with van der Waals surface area (Å²) in [5, 5.41) is 0. The molecule has 4 atom stereocenters. The maximum absolute atomic E-state index is 4.00. The van der Waals surface area contributed by atoms with Gasteiger partial charge >= 0.3 is 0 Å². The van der Waals surface area contributed by atoms with Gasteiger partial charge in [0.1, 0.15) is 0 Å². The molecule has 0 heterocycles. The van der Waals surface area contributed by atoms with Gasteiger partial charge in [-0.3, -0.25) is 0 Å². The van der Waals surface area contributed by atoms with Crippen LogP contribution in [0.15, 0.2) is 37.0 Å². The molecular formula is C16H24. The monoisotopic (exact) mass is 216 g/mol. The zero-order valence-corrected chi connectivity index (χ0v) is 10.4. The normalized spacial score (nSPS) is 37.1. The molecule has 0 saturated heterocycles. The number of unbranched alkanes of at least 4 members (excludes halogenated alkanes) is 2. The highest BCUT2D eigenvalue weighted by atomic mass is 14.4. The third kappa shape index (κ3) is 2.31. The molecule has 0 aliphatic heterocycles. The topological polar surface area (TPSA) is 0 Å². The summed E-state index contributed by atoms with van der Waals surface area (Å²) in [5.41, 5.74) is 0. The van der Waals surface area contributed by atoms with Gasteiger partial charge in [-0.2, -0.15) is 0 Å². The maximum atomic E-state index is 4.00. The van der Waals surface area contributed by atoms with Crippen LogP contribution in [0.25, 0.3) is 0 Å². The predicted molar refractivity (Wildman–Crippen MR) is 71.2 cm³/mol. The molecule has 0 N–H and O–H groups in total. The number of fused-ring (bicyclic) bond motifs is 1. The lowest BCUT2D eigenvalue weighted by atomic mass is 9.89. The number of hydrogen-bond acceptors (Lipinski definition) is 0. The highest BCUT2D eigenvalue weighted by Crippen LogP contribution is 2.48. The van der Waals surface area contributed by atoms with E-state index in [0.29, 0.717) is 0 Å². The second-order valence-corrected chi connectivity index (χ2v) is 5.27. The van der Waals surface area contributed by atoms with Crippen LogP contribution in [0.3, 0.4) is 0 Å². The lowest BCUT2D eigenvalue weighted by Gasteiger charge is -2.15. The van der Waals surface area contributed by atoms with Gasteiger partial charge in [0, 0.05) is 0 Å². The first kappa shape index (κ1) is 11.7. The Kier molecular flexibility index (Phi) is 4.04. The van der Waals surface area contributed by atoms with Crippen molar-refractivity contribution in [1.29, 1.82) is 0 Å². The first-order chi connectivity index (χ1) is 7.86. The van der Waals surface area contributed by atoms with Crippen molar-refractivity contribution in [1.82, 2.24) is 0 Å². The summed E-state index contributed by atoms with van der Waals surface area (Å²) in [7, 11) is 0. The van der Waals surface area contributed by atoms with Gasteiger partial charge in [-0.15, -0.1) is 6.58 Å². The van der Waals surface area contributed by atoms with Crippen molar-refractivity contribution < 1.29 is 0 Å². The molecule has 2 rings (SSSR count). The average molecular weight is 216 g/mol. The summed E-state index contributed by atoms with van der Waals surface area (Å²) in [4.78, 5) is 0. The van der Waals surface area contributed by atoms with Gasteiger partial charge in [-0.05, 0) is 42.9 Å². The van der Waals surface area contributed by atoms with E-state index >= 15 is 0 Å². The Hall–Kier alpha value is -0.780. The van der Waals surface area contributed by atoms with Crippen LogP contribution in [-0.4, -0.2) is 0 Å². The first-order valence-electron chi connectivity index (χ1n) is 6.82. The minimum atomic E-state index is 0.751. The van der Waals surface area contributed by atoms with Gasteiger partial charge in [0.05, 0.1) is 0 Å². The second-order valence-electron chi connectivity index (χ2n) is 5.27. The van der Waals surface area contributed by atoms with Crippen LogP contribution in [0.1, 0.15) is 39.0 Å². The molecule has 0 nitrogen and oxygen atoms in total. The third-order valence-electron chi connectivity index (χ3n) is 4.26. The standard InChI is InChI=1S/C16H24/c1-3-5-6-7-9-14-12-13(4-2)15-10-8-11-16(14)15/h4,7-9,11,13-16H,2-3,5-6,10,12H2,1H3/b9-7+. The highest BCUT2D eigenvalue weighted by Gasteiger charge is 2.40. The summed E-state index contributed by atoms with van der Waals surface area (Å²) in [5.74, 6) is 3.20. The number of hydrogen-bond donors (Lipinski definition) is 0. The van der Waals surface area contributed by atoms with Crippen molar-refractivity contribution in [3.05, 3.63) is 37.0 Å². The van der Waals surface area contributed by atoms with Gasteiger partial charge < -0.3 is 0 Å². The number of allylic oxidation sites excluding steroid dienone is 5. The Bertz CT molecular complexity index is 284. The van der Waals surface area contributed by atoms with Crippen molar-refractivity contribution >= 4 is 0 Å². The second kappa shape index (κ2) is 5.52. The van der Waals surface area contributed by atoms with E-state index in [4.69, 9.17) is 0 Å². The molecule has 2 aliphatic rings. The molecule has 0 aromatic heterocycles. The minimum absolute atomic E-state index is 0.751. The van der Waals surface area contributed by atoms with E-state index < -0.39 is 0 Å². The first-order valence-corrected chi connectivity index (χ1v) is 6.82. The zero-order valence-electron chi connectivity index (χ0n) is 10.4. The summed E-state index contributed by atoms with van der Waals surface area (Å²) in [6.07, 6.45) is 18.4. The largest absolute Gasteiger partial charge is 0.103 e. The van der Waals surface area contributed by atoms with E-state index in [0.717, 1.165) is 23.7 Å². The lowest BCUT2D eigenvalue weighted by Crippen LogP contribution is -2.09. The molecule has 1 saturated carbocycles. The van der Waals surface area contributed by atoms with Crippen LogP contribution >= 0.6 is 0 Å². The van der Waals surface area contributed by atoms with Crippen LogP contribution in [0, 0.1) is 23.7 Å². The molecule has 0 aromatic carbocycles. The third-order valence-corrected chi connectivity index (χ3v) is 4.26. The summed E-state index contributed by atoms with van der Waals surface area (Å²) in [6.45, 7) is 6.25. The van der Waals surface area contributed by atoms with Crippen molar-refractivity contribution in [2.24, 2.45) is 23.7 Å². The van der Waals surface area contributed by atoms with Crippen LogP contribution in [0.4, 0.5) is 0 Å². The van der Waals surface area contributed by atoms with Crippen molar-refractivity contribution in [2.45, 2.75) is 39.0 Å². The smallest absolute Gasteiger partial charge is 0.0133 e. The molecule has 0 bridgehead atoms. The van der Waals surface area contributed by atoms with Gasteiger partial charge in [0.2, 0.25) is 0 Å². The highest BCUT2D eigenvalue weighted by molar-refractivity contribution is 5.15. The van der Waals surface area contributed by atoms with Crippen LogP contribution < -0.4 is 0 Å². The Morgan fingerprint density at radius 2 is 2.25 bits per heavy atom. The zero-order chi connectivity index (χ0) is 11.4. The van der Waals surface area contributed by atoms with E-state index in [2.05, 4.69) is 43.9 Å². The molecule has 0 heteroatoms. The molecule has 0 radical (unpaired) electrons. The van der Waals surface area contributed by atoms with E-state index in [-0.39, 0.29) is 0 Å². The Morgan fingerprint density at radius 1 is 1.38 bits per heavy atom. The van der Waals surface area contributed by atoms with E-state index in [1.807, 2.05) is 0 Å². The Balaban J connectivity index is 1.92. The molecule has 0 amide bonds. The predicted octanol–water partition coefficient (Wildman–Crippen LogP) is 4.75. The van der Waals surface area contributed by atoms with Gasteiger partial charge in [0.25, 0.3) is 0 Å². The SMILES string of the molecule is C=CC1CC(/C=C/CCCC)C2C=CCC12. The van der Waals surface area contributed by atoms with E-state index in [9.17, 15) is 0 Å². The summed E-state index contributed by atoms with van der Waals surface area (Å²) >= 11 is 0. The van der Waals surface area contributed by atoms with E-state index in [1.54, 1.807) is 0 Å². The molecular weight excluding hydrogens is 192 g/mol. The fourth-order valence-electron chi connectivity index (χ4n) is 3.33. The van der Waals surface area contributed by atoms with E-state index in [1.165, 1.54) is 32.1 Å². The molecule has 4 unspecified atom stereocenters. The molecule has 16 heavy (non-hydrogen) atoms. The summed E-state index contributed by atoms with van der Waals surface area (Å²) in [6, 6.07) is 0. The van der Waals surface area contributed by atoms with Crippen LogP contribution in [0.2, 0.25) is 0 Å². The van der Waals surface area contributed by atoms with Crippen molar-refractivity contribution in [2.75, 3.05) is 0 Å². The minimum Gasteiger partial charge on any atom is -0.103 e. The van der Waals surface area contributed by atoms with Gasteiger partial charge in [-0.25, -0.2) is 0 Å². The van der Waals surface area contributed by atoms with Crippen molar-refractivity contribution in [3.8, 4) is 0 Å².